The molecule has 2 fully saturated rings. The highest BCUT2D eigenvalue weighted by Gasteiger charge is 2.48. The number of carbonyl (C=O) groups excluding carboxylic acids is 3. The molecule has 0 spiro atoms. The number of benzene rings is 2. The van der Waals surface area contributed by atoms with Crippen LogP contribution in [0.2, 0.25) is 0 Å². The highest BCUT2D eigenvalue weighted by molar-refractivity contribution is 7.89. The summed E-state index contributed by atoms with van der Waals surface area (Å²) >= 11 is 0. The van der Waals surface area contributed by atoms with Crippen LogP contribution >= 0.6 is 0 Å². The SMILES string of the molecule is NS(=O)(=O)c1ccc(N2C(=O)CC(N(C(=O)Cc3ccccc3)C3CC3)C2=O)cc1. The fourth-order valence-corrected chi connectivity index (χ4v) is 4.25. The van der Waals surface area contributed by atoms with Crippen molar-refractivity contribution in [2.45, 2.75) is 42.7 Å². The van der Waals surface area contributed by atoms with Crippen LogP contribution in [-0.2, 0) is 30.8 Å². The zero-order valence-electron chi connectivity index (χ0n) is 16.1. The van der Waals surface area contributed by atoms with Crippen molar-refractivity contribution >= 4 is 33.4 Å². The predicted molar refractivity (Wildman–Crippen MR) is 109 cm³/mol. The number of sulfonamides is 1. The van der Waals surface area contributed by atoms with E-state index in [9.17, 15) is 22.8 Å². The van der Waals surface area contributed by atoms with Gasteiger partial charge in [-0.1, -0.05) is 30.3 Å². The lowest BCUT2D eigenvalue weighted by Gasteiger charge is -2.27. The van der Waals surface area contributed by atoms with Crippen molar-refractivity contribution in [1.82, 2.24) is 4.90 Å². The number of nitrogens with zero attached hydrogens (tertiary/aromatic N) is 2. The minimum absolute atomic E-state index is 0.0346. The van der Waals surface area contributed by atoms with Crippen LogP contribution in [0, 0.1) is 0 Å². The third-order valence-electron chi connectivity index (χ3n) is 5.31. The number of hydrogen-bond donors (Lipinski definition) is 1. The highest BCUT2D eigenvalue weighted by Crippen LogP contribution is 2.34. The van der Waals surface area contributed by atoms with Crippen molar-refractivity contribution in [2.24, 2.45) is 5.14 Å². The largest absolute Gasteiger partial charge is 0.327 e. The molecule has 1 heterocycles. The second kappa shape index (κ2) is 7.66. The van der Waals surface area contributed by atoms with E-state index in [1.54, 1.807) is 4.90 Å². The van der Waals surface area contributed by atoms with E-state index in [-0.39, 0.29) is 35.4 Å². The van der Waals surface area contributed by atoms with Crippen molar-refractivity contribution in [3.05, 3.63) is 60.2 Å². The maximum absolute atomic E-state index is 13.1. The highest BCUT2D eigenvalue weighted by atomic mass is 32.2. The van der Waals surface area contributed by atoms with Gasteiger partial charge in [-0.05, 0) is 42.7 Å². The van der Waals surface area contributed by atoms with Crippen molar-refractivity contribution in [2.75, 3.05) is 4.90 Å². The average molecular weight is 427 g/mol. The van der Waals surface area contributed by atoms with Gasteiger partial charge in [-0.15, -0.1) is 0 Å². The Kier molecular flexibility index (Phi) is 5.17. The van der Waals surface area contributed by atoms with Crippen LogP contribution in [-0.4, -0.2) is 43.1 Å². The first-order valence-corrected chi connectivity index (χ1v) is 11.1. The van der Waals surface area contributed by atoms with Crippen LogP contribution in [0.5, 0.6) is 0 Å². The van der Waals surface area contributed by atoms with Gasteiger partial charge in [-0.2, -0.15) is 0 Å². The number of rotatable bonds is 6. The van der Waals surface area contributed by atoms with E-state index in [1.807, 2.05) is 30.3 Å². The number of imide groups is 1. The summed E-state index contributed by atoms with van der Waals surface area (Å²) in [5.41, 5.74) is 1.10. The smallest absolute Gasteiger partial charge is 0.257 e. The van der Waals surface area contributed by atoms with Gasteiger partial charge in [0.2, 0.25) is 21.8 Å². The van der Waals surface area contributed by atoms with E-state index in [2.05, 4.69) is 0 Å². The first-order valence-electron chi connectivity index (χ1n) is 9.60. The molecule has 4 rings (SSSR count). The van der Waals surface area contributed by atoms with E-state index in [1.165, 1.54) is 24.3 Å². The molecule has 2 N–H and O–H groups in total. The molecule has 1 aliphatic heterocycles. The van der Waals surface area contributed by atoms with Crippen LogP contribution in [0.25, 0.3) is 0 Å². The fourth-order valence-electron chi connectivity index (χ4n) is 3.74. The summed E-state index contributed by atoms with van der Waals surface area (Å²) in [6.07, 6.45) is 1.69. The van der Waals surface area contributed by atoms with Gasteiger partial charge in [0.15, 0.2) is 0 Å². The normalized spacial score (nSPS) is 19.2. The van der Waals surface area contributed by atoms with E-state index < -0.39 is 27.9 Å². The number of amides is 3. The number of anilines is 1. The Morgan fingerprint density at radius 1 is 1.03 bits per heavy atom. The van der Waals surface area contributed by atoms with Gasteiger partial charge in [-0.25, -0.2) is 18.5 Å². The van der Waals surface area contributed by atoms with Crippen molar-refractivity contribution in [3.63, 3.8) is 0 Å². The quantitative estimate of drug-likeness (QED) is 0.695. The molecule has 0 radical (unpaired) electrons. The molecular formula is C21H21N3O5S. The Labute approximate surface area is 174 Å². The molecule has 2 aromatic carbocycles. The molecular weight excluding hydrogens is 406 g/mol. The van der Waals surface area contributed by atoms with Crippen molar-refractivity contribution < 1.29 is 22.8 Å². The molecule has 2 aliphatic rings. The Bertz CT molecular complexity index is 1100. The van der Waals surface area contributed by atoms with E-state index in [0.717, 1.165) is 23.3 Å². The molecule has 0 aromatic heterocycles. The van der Waals surface area contributed by atoms with Gasteiger partial charge >= 0.3 is 0 Å². The van der Waals surface area contributed by atoms with Gasteiger partial charge < -0.3 is 4.90 Å². The Hall–Kier alpha value is -3.04. The van der Waals surface area contributed by atoms with Crippen LogP contribution in [0.4, 0.5) is 5.69 Å². The van der Waals surface area contributed by atoms with E-state index in [4.69, 9.17) is 5.14 Å². The Morgan fingerprint density at radius 3 is 2.23 bits per heavy atom. The predicted octanol–water partition coefficient (Wildman–Crippen LogP) is 1.20. The monoisotopic (exact) mass is 427 g/mol. The number of nitrogens with two attached hydrogens (primary N) is 1. The molecule has 1 aliphatic carbocycles. The molecule has 1 atom stereocenters. The summed E-state index contributed by atoms with van der Waals surface area (Å²) < 4.78 is 22.9. The first kappa shape index (κ1) is 20.2. The van der Waals surface area contributed by atoms with Gasteiger partial charge in [0, 0.05) is 6.04 Å². The van der Waals surface area contributed by atoms with Crippen molar-refractivity contribution in [1.29, 1.82) is 0 Å². The lowest BCUT2D eigenvalue weighted by Crippen LogP contribution is -2.47. The van der Waals surface area contributed by atoms with Gasteiger partial charge in [0.25, 0.3) is 5.91 Å². The first-order chi connectivity index (χ1) is 14.3. The summed E-state index contributed by atoms with van der Waals surface area (Å²) in [4.78, 5) is 41.2. The Balaban J connectivity index is 1.56. The maximum atomic E-state index is 13.1. The van der Waals surface area contributed by atoms with Gasteiger partial charge in [-0.3, -0.25) is 14.4 Å². The standard InChI is InChI=1S/C21H21N3O5S/c22-30(28,29)17-10-8-16(9-11-17)24-20(26)13-18(21(24)27)23(15-6-7-15)19(25)12-14-4-2-1-3-5-14/h1-5,8-11,15,18H,6-7,12-13H2,(H2,22,28,29). The van der Waals surface area contributed by atoms with Gasteiger partial charge in [0.1, 0.15) is 6.04 Å². The molecule has 8 nitrogen and oxygen atoms in total. The van der Waals surface area contributed by atoms with E-state index in [0.29, 0.717) is 0 Å². The molecule has 1 unspecified atom stereocenters. The number of hydrogen-bond acceptors (Lipinski definition) is 5. The summed E-state index contributed by atoms with van der Waals surface area (Å²) in [6, 6.07) is 13.6. The summed E-state index contributed by atoms with van der Waals surface area (Å²) in [7, 11) is -3.88. The average Bonchev–Trinajstić information content (AvgIpc) is 3.48. The maximum Gasteiger partial charge on any atom is 0.257 e. The van der Waals surface area contributed by atoms with Crippen LogP contribution in [0.1, 0.15) is 24.8 Å². The second-order valence-electron chi connectivity index (χ2n) is 7.52. The lowest BCUT2D eigenvalue weighted by atomic mass is 10.1. The summed E-state index contributed by atoms with van der Waals surface area (Å²) in [6.45, 7) is 0. The lowest BCUT2D eigenvalue weighted by molar-refractivity contribution is -0.138. The molecule has 1 saturated heterocycles. The third kappa shape index (κ3) is 3.99. The molecule has 1 saturated carbocycles. The second-order valence-corrected chi connectivity index (χ2v) is 9.08. The van der Waals surface area contributed by atoms with Crippen molar-refractivity contribution in [3.8, 4) is 0 Å². The van der Waals surface area contributed by atoms with E-state index >= 15 is 0 Å². The topological polar surface area (TPSA) is 118 Å². The van der Waals surface area contributed by atoms with Crippen LogP contribution in [0.3, 0.4) is 0 Å². The van der Waals surface area contributed by atoms with Gasteiger partial charge in [0.05, 0.1) is 23.4 Å². The molecule has 9 heteroatoms. The molecule has 2 aromatic rings. The third-order valence-corrected chi connectivity index (χ3v) is 6.24. The number of primary sulfonamides is 1. The van der Waals surface area contributed by atoms with Crippen LogP contribution in [0.15, 0.2) is 59.5 Å². The van der Waals surface area contributed by atoms with Crippen LogP contribution < -0.4 is 10.0 Å². The summed E-state index contributed by atoms with van der Waals surface area (Å²) in [5, 5.41) is 5.09. The number of carbonyl (C=O) groups is 3. The zero-order valence-corrected chi connectivity index (χ0v) is 16.9. The Morgan fingerprint density at radius 2 is 1.67 bits per heavy atom. The molecule has 0 bridgehead atoms. The zero-order chi connectivity index (χ0) is 21.5. The molecule has 156 valence electrons. The minimum Gasteiger partial charge on any atom is -0.327 e. The molecule has 30 heavy (non-hydrogen) atoms. The minimum atomic E-state index is -3.88. The fraction of sp³-hybridized carbons (Fsp3) is 0.286. The summed E-state index contributed by atoms with van der Waals surface area (Å²) in [5.74, 6) is -1.08. The molecule has 3 amide bonds.